The Balaban J connectivity index is 2.29. The molecule has 0 bridgehead atoms. The van der Waals surface area contributed by atoms with Crippen molar-refractivity contribution in [1.82, 2.24) is 9.78 Å². The highest BCUT2D eigenvalue weighted by Gasteiger charge is 2.18. The topological polar surface area (TPSA) is 84.2 Å². The number of nitrogens with one attached hydrogen (secondary N) is 1. The first kappa shape index (κ1) is 13.1. The van der Waals surface area contributed by atoms with Crippen molar-refractivity contribution in [3.8, 4) is 0 Å². The fraction of sp³-hybridized carbons (Fsp3) is 0.300. The highest BCUT2D eigenvalue weighted by molar-refractivity contribution is 7.92. The van der Waals surface area contributed by atoms with Gasteiger partial charge in [0.15, 0.2) is 0 Å². The van der Waals surface area contributed by atoms with Gasteiger partial charge in [-0.15, -0.1) is 11.3 Å². The molecule has 0 saturated carbocycles. The lowest BCUT2D eigenvalue weighted by Gasteiger charge is -2.04. The van der Waals surface area contributed by atoms with Gasteiger partial charge in [-0.1, -0.05) is 0 Å². The molecule has 0 atom stereocenters. The van der Waals surface area contributed by atoms with E-state index in [1.54, 1.807) is 24.9 Å². The van der Waals surface area contributed by atoms with Crippen molar-refractivity contribution in [2.75, 3.05) is 4.72 Å². The van der Waals surface area contributed by atoms with Crippen LogP contribution in [0.15, 0.2) is 22.5 Å². The van der Waals surface area contributed by atoms with Gasteiger partial charge < -0.3 is 5.11 Å². The van der Waals surface area contributed by atoms with Crippen molar-refractivity contribution in [2.24, 2.45) is 7.05 Å². The quantitative estimate of drug-likeness (QED) is 0.881. The van der Waals surface area contributed by atoms with Crippen molar-refractivity contribution in [2.45, 2.75) is 18.4 Å². The van der Waals surface area contributed by atoms with Gasteiger partial charge in [-0.2, -0.15) is 5.10 Å². The van der Waals surface area contributed by atoms with E-state index < -0.39 is 10.0 Å². The molecule has 2 aromatic heterocycles. The highest BCUT2D eigenvalue weighted by atomic mass is 32.2. The molecule has 0 aliphatic carbocycles. The molecule has 2 N–H and O–H groups in total. The van der Waals surface area contributed by atoms with Crippen molar-refractivity contribution in [3.63, 3.8) is 0 Å². The van der Waals surface area contributed by atoms with Crippen LogP contribution in [0.1, 0.15) is 10.6 Å². The Bertz CT molecular complexity index is 658. The molecule has 0 aliphatic heterocycles. The van der Waals surface area contributed by atoms with Crippen LogP contribution >= 0.6 is 11.3 Å². The minimum Gasteiger partial charge on any atom is -0.391 e. The molecular weight excluding hydrogens is 274 g/mol. The number of aromatic nitrogens is 2. The molecule has 2 rings (SSSR count). The van der Waals surface area contributed by atoms with Crippen molar-refractivity contribution < 1.29 is 13.5 Å². The van der Waals surface area contributed by atoms with Crippen LogP contribution in [0.5, 0.6) is 0 Å². The van der Waals surface area contributed by atoms with Crippen molar-refractivity contribution >= 4 is 27.0 Å². The molecule has 0 aliphatic rings. The van der Waals surface area contributed by atoms with E-state index in [0.29, 0.717) is 16.3 Å². The van der Waals surface area contributed by atoms with Crippen molar-refractivity contribution in [1.29, 1.82) is 0 Å². The van der Waals surface area contributed by atoms with Crippen LogP contribution in [0.4, 0.5) is 5.69 Å². The van der Waals surface area contributed by atoms with E-state index in [4.69, 9.17) is 5.11 Å². The van der Waals surface area contributed by atoms with Crippen LogP contribution in [-0.2, 0) is 23.7 Å². The minimum absolute atomic E-state index is 0.153. The Labute approximate surface area is 109 Å². The van der Waals surface area contributed by atoms with E-state index in [9.17, 15) is 8.42 Å². The maximum absolute atomic E-state index is 12.1. The van der Waals surface area contributed by atoms with E-state index >= 15 is 0 Å². The number of rotatable bonds is 4. The fourth-order valence-electron chi connectivity index (χ4n) is 1.49. The van der Waals surface area contributed by atoms with Gasteiger partial charge in [0.1, 0.15) is 0 Å². The molecule has 18 heavy (non-hydrogen) atoms. The maximum atomic E-state index is 12.1. The SMILES string of the molecule is Cc1nn(C)cc1NS(=O)(=O)c1csc(CO)c1. The monoisotopic (exact) mass is 287 g/mol. The summed E-state index contributed by atoms with van der Waals surface area (Å²) in [6.07, 6.45) is 1.60. The normalized spacial score (nSPS) is 11.7. The molecule has 8 heteroatoms. The largest absolute Gasteiger partial charge is 0.391 e. The first-order valence-corrected chi connectivity index (χ1v) is 7.50. The fourth-order valence-corrected chi connectivity index (χ4v) is 3.72. The number of sulfonamides is 1. The molecule has 98 valence electrons. The third kappa shape index (κ3) is 2.55. The lowest BCUT2D eigenvalue weighted by atomic mass is 10.4. The van der Waals surface area contributed by atoms with Gasteiger partial charge in [0.05, 0.1) is 22.9 Å². The molecule has 0 saturated heterocycles. The second-order valence-corrected chi connectivity index (χ2v) is 6.49. The van der Waals surface area contributed by atoms with Gasteiger partial charge in [-0.3, -0.25) is 9.40 Å². The number of aryl methyl sites for hydroxylation is 2. The van der Waals surface area contributed by atoms with Gasteiger partial charge >= 0.3 is 0 Å². The molecule has 6 nitrogen and oxygen atoms in total. The van der Waals surface area contributed by atoms with Gasteiger partial charge in [-0.05, 0) is 13.0 Å². The Kier molecular flexibility index (Phi) is 3.42. The number of hydrogen-bond donors (Lipinski definition) is 2. The Morgan fingerprint density at radius 1 is 1.56 bits per heavy atom. The van der Waals surface area contributed by atoms with Crippen LogP contribution in [0.2, 0.25) is 0 Å². The lowest BCUT2D eigenvalue weighted by Crippen LogP contribution is -2.12. The Morgan fingerprint density at radius 2 is 2.28 bits per heavy atom. The zero-order chi connectivity index (χ0) is 13.3. The summed E-state index contributed by atoms with van der Waals surface area (Å²) >= 11 is 1.21. The summed E-state index contributed by atoms with van der Waals surface area (Å²) < 4.78 is 28.2. The van der Waals surface area contributed by atoms with Crippen LogP contribution in [0, 0.1) is 6.92 Å². The summed E-state index contributed by atoms with van der Waals surface area (Å²) in [6, 6.07) is 1.46. The van der Waals surface area contributed by atoms with Gasteiger partial charge in [0, 0.05) is 23.5 Å². The molecule has 0 radical (unpaired) electrons. The molecule has 0 amide bonds. The predicted molar refractivity (Wildman–Crippen MR) is 69.0 cm³/mol. The molecule has 0 aromatic carbocycles. The van der Waals surface area contributed by atoms with Crippen LogP contribution in [0.3, 0.4) is 0 Å². The smallest absolute Gasteiger partial charge is 0.262 e. The summed E-state index contributed by atoms with van der Waals surface area (Å²) in [4.78, 5) is 0.762. The molecular formula is C10H13N3O3S2. The van der Waals surface area contributed by atoms with Gasteiger partial charge in [-0.25, -0.2) is 8.42 Å². The average Bonchev–Trinajstić information content (AvgIpc) is 2.86. The molecule has 0 fully saturated rings. The second-order valence-electron chi connectivity index (χ2n) is 3.81. The van der Waals surface area contributed by atoms with Crippen LogP contribution in [0.25, 0.3) is 0 Å². The zero-order valence-electron chi connectivity index (χ0n) is 9.91. The van der Waals surface area contributed by atoms with Crippen molar-refractivity contribution in [3.05, 3.63) is 28.2 Å². The van der Waals surface area contributed by atoms with E-state index in [-0.39, 0.29) is 11.5 Å². The average molecular weight is 287 g/mol. The van der Waals surface area contributed by atoms with E-state index in [1.165, 1.54) is 22.8 Å². The molecule has 2 aromatic rings. The molecule has 0 unspecified atom stereocenters. The summed E-state index contributed by atoms with van der Waals surface area (Å²) in [5.41, 5.74) is 1.06. The van der Waals surface area contributed by atoms with Crippen LogP contribution in [-0.4, -0.2) is 23.3 Å². The van der Waals surface area contributed by atoms with Crippen LogP contribution < -0.4 is 4.72 Å². The third-order valence-corrected chi connectivity index (χ3v) is 4.77. The number of nitrogens with zero attached hydrogens (tertiary/aromatic N) is 2. The minimum atomic E-state index is -3.62. The van der Waals surface area contributed by atoms with E-state index in [1.807, 2.05) is 0 Å². The number of hydrogen-bond acceptors (Lipinski definition) is 5. The predicted octanol–water partition coefficient (Wildman–Crippen LogP) is 1.08. The Morgan fingerprint density at radius 3 is 2.78 bits per heavy atom. The zero-order valence-corrected chi connectivity index (χ0v) is 11.5. The number of aliphatic hydroxyl groups excluding tert-OH is 1. The second kappa shape index (κ2) is 4.71. The number of anilines is 1. The van der Waals surface area contributed by atoms with Gasteiger partial charge in [0.25, 0.3) is 10.0 Å². The Hall–Kier alpha value is -1.38. The number of aliphatic hydroxyl groups is 1. The third-order valence-electron chi connectivity index (χ3n) is 2.35. The summed E-state index contributed by atoms with van der Waals surface area (Å²) in [6.45, 7) is 1.57. The first-order valence-electron chi connectivity index (χ1n) is 5.13. The van der Waals surface area contributed by atoms with Gasteiger partial charge in [0.2, 0.25) is 0 Å². The first-order chi connectivity index (χ1) is 8.42. The number of thiophene rings is 1. The van der Waals surface area contributed by atoms with E-state index in [0.717, 1.165) is 0 Å². The summed E-state index contributed by atoms with van der Waals surface area (Å²) in [5, 5.41) is 14.5. The summed E-state index contributed by atoms with van der Waals surface area (Å²) in [5.74, 6) is 0. The maximum Gasteiger partial charge on any atom is 0.262 e. The van der Waals surface area contributed by atoms with E-state index in [2.05, 4.69) is 9.82 Å². The molecule has 0 spiro atoms. The standard InChI is InChI=1S/C10H13N3O3S2/c1-7-10(4-13(2)11-7)12-18(15,16)9-3-8(5-14)17-6-9/h3-4,6,12,14H,5H2,1-2H3. The highest BCUT2D eigenvalue weighted by Crippen LogP contribution is 2.23. The molecule has 2 heterocycles. The lowest BCUT2D eigenvalue weighted by molar-refractivity contribution is 0.285. The summed E-state index contributed by atoms with van der Waals surface area (Å²) in [7, 11) is -1.89.